The largest absolute Gasteiger partial charge is 0.439 e. The molecule has 8 heteroatoms. The third kappa shape index (κ3) is 3.38. The van der Waals surface area contributed by atoms with E-state index in [0.29, 0.717) is 4.47 Å². The van der Waals surface area contributed by atoms with Crippen LogP contribution in [0.2, 0.25) is 0 Å². The topological polar surface area (TPSA) is 91.3 Å². The molecule has 0 aliphatic heterocycles. The van der Waals surface area contributed by atoms with Crippen molar-refractivity contribution >= 4 is 27.4 Å². The second-order valence-corrected chi connectivity index (χ2v) is 4.47. The van der Waals surface area contributed by atoms with Gasteiger partial charge in [-0.05, 0) is 12.1 Å². The lowest BCUT2D eigenvalue weighted by molar-refractivity contribution is -0.384. The molecule has 0 spiro atoms. The molecule has 2 aromatic rings. The highest BCUT2D eigenvalue weighted by Gasteiger charge is 2.12. The maximum Gasteiger partial charge on any atom is 0.278 e. The lowest BCUT2D eigenvalue weighted by atomic mass is 10.3. The smallest absolute Gasteiger partial charge is 0.278 e. The minimum atomic E-state index is -0.619. The summed E-state index contributed by atoms with van der Waals surface area (Å²) in [5.74, 6) is -0.495. The van der Waals surface area contributed by atoms with Crippen LogP contribution in [-0.4, -0.2) is 9.91 Å². The van der Waals surface area contributed by atoms with E-state index in [1.54, 1.807) is 0 Å². The first-order chi connectivity index (χ1) is 8.94. The third-order valence-electron chi connectivity index (χ3n) is 2.08. The molecular formula is C11H7BrFN3O3. The highest BCUT2D eigenvalue weighted by molar-refractivity contribution is 9.10. The Hall–Kier alpha value is -2.22. The van der Waals surface area contributed by atoms with Crippen LogP contribution in [0.1, 0.15) is 0 Å². The van der Waals surface area contributed by atoms with Gasteiger partial charge in [0.05, 0.1) is 17.1 Å². The molecule has 1 heterocycles. The number of halogens is 2. The van der Waals surface area contributed by atoms with E-state index < -0.39 is 10.7 Å². The summed E-state index contributed by atoms with van der Waals surface area (Å²) in [5, 5.41) is 10.7. The number of benzene rings is 1. The van der Waals surface area contributed by atoms with E-state index in [1.807, 2.05) is 0 Å². The molecule has 0 aliphatic rings. The Morgan fingerprint density at radius 3 is 2.68 bits per heavy atom. The molecule has 0 radical (unpaired) electrons. The Labute approximate surface area is 115 Å². The Bertz CT molecular complexity index is 631. The fraction of sp³-hybridized carbons (Fsp3) is 0. The van der Waals surface area contributed by atoms with Crippen molar-refractivity contribution in [1.82, 2.24) is 4.98 Å². The molecule has 0 aliphatic carbocycles. The van der Waals surface area contributed by atoms with Gasteiger partial charge in [0.15, 0.2) is 0 Å². The lowest BCUT2D eigenvalue weighted by Gasteiger charge is -2.06. The molecule has 0 bridgehead atoms. The molecule has 0 atom stereocenters. The van der Waals surface area contributed by atoms with Crippen LogP contribution in [0.25, 0.3) is 0 Å². The van der Waals surface area contributed by atoms with Gasteiger partial charge in [0.2, 0.25) is 5.88 Å². The number of ether oxygens (including phenoxy) is 1. The molecule has 0 fully saturated rings. The molecule has 2 N–H and O–H groups in total. The molecule has 98 valence electrons. The maximum atomic E-state index is 13.2. The summed E-state index contributed by atoms with van der Waals surface area (Å²) in [6.07, 6.45) is 0. The van der Waals surface area contributed by atoms with Crippen molar-refractivity contribution in [3.8, 4) is 11.6 Å². The van der Waals surface area contributed by atoms with Crippen molar-refractivity contribution in [3.63, 3.8) is 0 Å². The van der Waals surface area contributed by atoms with Gasteiger partial charge < -0.3 is 10.5 Å². The van der Waals surface area contributed by atoms with Gasteiger partial charge in [0, 0.05) is 10.5 Å². The zero-order valence-corrected chi connectivity index (χ0v) is 10.9. The number of anilines is 1. The molecule has 0 amide bonds. The van der Waals surface area contributed by atoms with E-state index in [4.69, 9.17) is 10.5 Å². The number of aromatic nitrogens is 1. The van der Waals surface area contributed by atoms with E-state index >= 15 is 0 Å². The van der Waals surface area contributed by atoms with Gasteiger partial charge in [0.25, 0.3) is 5.69 Å². The van der Waals surface area contributed by atoms with E-state index in [1.165, 1.54) is 12.1 Å². The van der Waals surface area contributed by atoms with E-state index in [2.05, 4.69) is 20.9 Å². The number of hydrogen-bond donors (Lipinski definition) is 1. The van der Waals surface area contributed by atoms with Crippen molar-refractivity contribution < 1.29 is 14.1 Å². The zero-order chi connectivity index (χ0) is 14.0. The number of hydrogen-bond acceptors (Lipinski definition) is 5. The lowest BCUT2D eigenvalue weighted by Crippen LogP contribution is -1.97. The fourth-order valence-electron chi connectivity index (χ4n) is 1.38. The van der Waals surface area contributed by atoms with Crippen molar-refractivity contribution in [2.75, 3.05) is 5.73 Å². The van der Waals surface area contributed by atoms with Crippen molar-refractivity contribution in [1.29, 1.82) is 0 Å². The van der Waals surface area contributed by atoms with Gasteiger partial charge >= 0.3 is 0 Å². The van der Waals surface area contributed by atoms with Gasteiger partial charge in [-0.3, -0.25) is 10.1 Å². The Morgan fingerprint density at radius 1 is 1.32 bits per heavy atom. The third-order valence-corrected chi connectivity index (χ3v) is 2.53. The fourth-order valence-corrected chi connectivity index (χ4v) is 1.82. The molecule has 0 saturated heterocycles. The van der Waals surface area contributed by atoms with E-state index in [0.717, 1.165) is 18.2 Å². The van der Waals surface area contributed by atoms with Crippen molar-refractivity contribution in [2.24, 2.45) is 0 Å². The molecular weight excluding hydrogens is 321 g/mol. The van der Waals surface area contributed by atoms with Crippen molar-refractivity contribution in [3.05, 3.63) is 50.7 Å². The number of nitrogens with zero attached hydrogens (tertiary/aromatic N) is 2. The van der Waals surface area contributed by atoms with Crippen LogP contribution in [0.3, 0.4) is 0 Å². The minimum absolute atomic E-state index is 0.0559. The quantitative estimate of drug-likeness (QED) is 0.690. The average Bonchev–Trinajstić information content (AvgIpc) is 2.26. The molecule has 1 aromatic carbocycles. The molecule has 2 rings (SSSR count). The number of nitrogens with two attached hydrogens (primary N) is 1. The van der Waals surface area contributed by atoms with Crippen LogP contribution in [0.4, 0.5) is 15.9 Å². The van der Waals surface area contributed by atoms with Crippen LogP contribution >= 0.6 is 15.9 Å². The first kappa shape index (κ1) is 13.2. The Morgan fingerprint density at radius 2 is 2.05 bits per heavy atom. The van der Waals surface area contributed by atoms with E-state index in [9.17, 15) is 14.5 Å². The van der Waals surface area contributed by atoms with Gasteiger partial charge in [-0.2, -0.15) is 4.98 Å². The van der Waals surface area contributed by atoms with E-state index in [-0.39, 0.29) is 23.1 Å². The zero-order valence-electron chi connectivity index (χ0n) is 9.34. The normalized spacial score (nSPS) is 10.2. The van der Waals surface area contributed by atoms with Crippen LogP contribution in [0, 0.1) is 15.9 Å². The second-order valence-electron chi connectivity index (χ2n) is 3.55. The average molecular weight is 328 g/mol. The Kier molecular flexibility index (Phi) is 3.61. The SMILES string of the molecule is Nc1cc([N+](=O)[O-])cc(Oc2cc(F)cc(Br)c2)n1. The van der Waals surface area contributed by atoms with Crippen LogP contribution in [-0.2, 0) is 0 Å². The predicted molar refractivity (Wildman–Crippen MR) is 69.5 cm³/mol. The summed E-state index contributed by atoms with van der Waals surface area (Å²) in [4.78, 5) is 13.8. The summed E-state index contributed by atoms with van der Waals surface area (Å²) in [5.41, 5.74) is 5.18. The van der Waals surface area contributed by atoms with Crippen LogP contribution < -0.4 is 10.5 Å². The van der Waals surface area contributed by atoms with Gasteiger partial charge in [-0.15, -0.1) is 0 Å². The second kappa shape index (κ2) is 5.19. The predicted octanol–water partition coefficient (Wildman–Crippen LogP) is 3.27. The van der Waals surface area contributed by atoms with Crippen molar-refractivity contribution in [2.45, 2.75) is 0 Å². The van der Waals surface area contributed by atoms with Crippen LogP contribution in [0.15, 0.2) is 34.8 Å². The maximum absolute atomic E-state index is 13.2. The number of nitrogen functional groups attached to an aromatic ring is 1. The minimum Gasteiger partial charge on any atom is -0.439 e. The summed E-state index contributed by atoms with van der Waals surface area (Å²) in [7, 11) is 0. The molecule has 0 unspecified atom stereocenters. The number of nitro groups is 1. The summed E-state index contributed by atoms with van der Waals surface area (Å²) < 4.78 is 18.9. The Balaban J connectivity index is 2.35. The van der Waals surface area contributed by atoms with Crippen LogP contribution in [0.5, 0.6) is 11.6 Å². The van der Waals surface area contributed by atoms with Gasteiger partial charge in [-0.25, -0.2) is 4.39 Å². The summed E-state index contributed by atoms with van der Waals surface area (Å²) in [6.45, 7) is 0. The number of rotatable bonds is 3. The monoisotopic (exact) mass is 327 g/mol. The molecule has 6 nitrogen and oxygen atoms in total. The molecule has 1 aromatic heterocycles. The summed E-state index contributed by atoms with van der Waals surface area (Å²) >= 11 is 3.11. The first-order valence-corrected chi connectivity index (χ1v) is 5.79. The molecule has 19 heavy (non-hydrogen) atoms. The standard InChI is InChI=1S/C11H7BrFN3O3/c12-6-1-7(13)3-9(2-6)19-11-5-8(16(17)18)4-10(14)15-11/h1-5H,(H2,14,15). The highest BCUT2D eigenvalue weighted by Crippen LogP contribution is 2.27. The highest BCUT2D eigenvalue weighted by atomic mass is 79.9. The molecule has 0 saturated carbocycles. The summed E-state index contributed by atoms with van der Waals surface area (Å²) in [6, 6.07) is 6.09. The number of pyridine rings is 1. The van der Waals surface area contributed by atoms with Gasteiger partial charge in [0.1, 0.15) is 17.4 Å². The van der Waals surface area contributed by atoms with Gasteiger partial charge in [-0.1, -0.05) is 15.9 Å². The first-order valence-electron chi connectivity index (χ1n) is 5.00.